The van der Waals surface area contributed by atoms with Crippen LogP contribution in [0.2, 0.25) is 0 Å². The first-order valence-electron chi connectivity index (χ1n) is 10.9. The van der Waals surface area contributed by atoms with E-state index in [4.69, 9.17) is 0 Å². The molecule has 4 rings (SSSR count). The van der Waals surface area contributed by atoms with Crippen LogP contribution in [-0.4, -0.2) is 24.1 Å². The van der Waals surface area contributed by atoms with Crippen molar-refractivity contribution in [2.45, 2.75) is 46.2 Å². The van der Waals surface area contributed by atoms with Gasteiger partial charge in [-0.1, -0.05) is 12.1 Å². The Morgan fingerprint density at radius 1 is 0.879 bits per heavy atom. The number of nitrogens with one attached hydrogen (secondary N) is 1. The maximum Gasteiger partial charge on any atom is 0.160 e. The Kier molecular flexibility index (Phi) is 9.65. The van der Waals surface area contributed by atoms with Crippen LogP contribution in [0.15, 0.2) is 48.8 Å². The lowest BCUT2D eigenvalue weighted by Gasteiger charge is -2.36. The minimum atomic E-state index is -0.817. The van der Waals surface area contributed by atoms with Crippen molar-refractivity contribution < 1.29 is 8.78 Å². The maximum absolute atomic E-state index is 14.0. The van der Waals surface area contributed by atoms with Gasteiger partial charge in [0.25, 0.3) is 0 Å². The van der Waals surface area contributed by atoms with Gasteiger partial charge in [-0.2, -0.15) is 0 Å². The third kappa shape index (κ3) is 6.23. The highest BCUT2D eigenvalue weighted by Gasteiger charge is 2.23. The van der Waals surface area contributed by atoms with E-state index >= 15 is 0 Å². The molecule has 0 atom stereocenters. The van der Waals surface area contributed by atoms with Gasteiger partial charge in [0.05, 0.1) is 0 Å². The van der Waals surface area contributed by atoms with Crippen LogP contribution in [0.1, 0.15) is 35.1 Å². The Morgan fingerprint density at radius 2 is 1.55 bits per heavy atom. The van der Waals surface area contributed by atoms with Gasteiger partial charge < -0.3 is 10.2 Å². The van der Waals surface area contributed by atoms with E-state index in [1.165, 1.54) is 28.8 Å². The molecule has 0 unspecified atom stereocenters. The second-order valence-corrected chi connectivity index (χ2v) is 8.52. The summed E-state index contributed by atoms with van der Waals surface area (Å²) < 4.78 is 27.6. The highest BCUT2D eigenvalue weighted by Crippen LogP contribution is 2.28. The predicted molar refractivity (Wildman–Crippen MR) is 137 cm³/mol. The van der Waals surface area contributed by atoms with Gasteiger partial charge in [-0.3, -0.25) is 4.98 Å². The Morgan fingerprint density at radius 3 is 2.18 bits per heavy atom. The van der Waals surface area contributed by atoms with Crippen LogP contribution in [0.3, 0.4) is 0 Å². The molecule has 0 saturated carbocycles. The molecule has 1 aliphatic heterocycles. The van der Waals surface area contributed by atoms with Crippen LogP contribution >= 0.6 is 24.8 Å². The summed E-state index contributed by atoms with van der Waals surface area (Å²) in [5.74, 6) is -1.63. The summed E-state index contributed by atoms with van der Waals surface area (Å²) in [4.78, 5) is 6.68. The molecule has 2 aromatic carbocycles. The lowest BCUT2D eigenvalue weighted by molar-refractivity contribution is 0.427. The summed E-state index contributed by atoms with van der Waals surface area (Å²) in [6.45, 7) is 8.84. The Bertz CT molecular complexity index is 1060. The number of aryl methyl sites for hydroxylation is 2. The molecule has 0 aliphatic carbocycles. The van der Waals surface area contributed by atoms with Crippen molar-refractivity contribution in [2.75, 3.05) is 18.0 Å². The van der Waals surface area contributed by atoms with Gasteiger partial charge in [-0.25, -0.2) is 8.78 Å². The van der Waals surface area contributed by atoms with Gasteiger partial charge in [-0.05, 0) is 92.7 Å². The number of hydrogen-bond donors (Lipinski definition) is 1. The monoisotopic (exact) mass is 493 g/mol. The second-order valence-electron chi connectivity index (χ2n) is 8.52. The van der Waals surface area contributed by atoms with Gasteiger partial charge in [0, 0.05) is 42.3 Å². The van der Waals surface area contributed by atoms with E-state index in [1.54, 1.807) is 6.07 Å². The first-order valence-corrected chi connectivity index (χ1v) is 10.9. The van der Waals surface area contributed by atoms with Crippen molar-refractivity contribution >= 4 is 30.5 Å². The van der Waals surface area contributed by atoms with Gasteiger partial charge in [0.1, 0.15) is 0 Å². The fourth-order valence-electron chi connectivity index (χ4n) is 4.34. The summed E-state index contributed by atoms with van der Waals surface area (Å²) in [6.07, 6.45) is 5.68. The number of rotatable bonds is 5. The van der Waals surface area contributed by atoms with E-state index in [-0.39, 0.29) is 30.9 Å². The summed E-state index contributed by atoms with van der Waals surface area (Å²) >= 11 is 0. The third-order valence-electron chi connectivity index (χ3n) is 6.39. The summed E-state index contributed by atoms with van der Waals surface area (Å²) in [5.41, 5.74) is 7.81. The summed E-state index contributed by atoms with van der Waals surface area (Å²) in [7, 11) is 0. The molecule has 1 aromatic heterocycles. The topological polar surface area (TPSA) is 28.2 Å². The quantitative estimate of drug-likeness (QED) is 0.436. The highest BCUT2D eigenvalue weighted by atomic mass is 35.5. The lowest BCUT2D eigenvalue weighted by Crippen LogP contribution is -2.43. The number of anilines is 1. The molecule has 7 heteroatoms. The van der Waals surface area contributed by atoms with Crippen LogP contribution in [0, 0.1) is 32.4 Å². The molecule has 1 N–H and O–H groups in total. The first kappa shape index (κ1) is 27.0. The van der Waals surface area contributed by atoms with E-state index in [1.807, 2.05) is 12.4 Å². The van der Waals surface area contributed by atoms with E-state index in [0.29, 0.717) is 12.2 Å². The molecule has 3 aromatic rings. The molecule has 0 spiro atoms. The van der Waals surface area contributed by atoms with Crippen LogP contribution < -0.4 is 10.2 Å². The maximum atomic E-state index is 14.0. The van der Waals surface area contributed by atoms with Crippen molar-refractivity contribution in [2.24, 2.45) is 0 Å². The van der Waals surface area contributed by atoms with E-state index in [9.17, 15) is 8.78 Å². The Balaban J connectivity index is 0.00000193. The number of hydrogen-bond acceptors (Lipinski definition) is 3. The number of pyridine rings is 1. The minimum Gasteiger partial charge on any atom is -0.364 e. The molecule has 33 heavy (non-hydrogen) atoms. The van der Waals surface area contributed by atoms with Crippen molar-refractivity contribution in [3.63, 3.8) is 0 Å². The normalized spacial score (nSPS) is 13.7. The molecule has 3 nitrogen and oxygen atoms in total. The Labute approximate surface area is 207 Å². The predicted octanol–water partition coefficient (Wildman–Crippen LogP) is 6.55. The molecule has 0 radical (unpaired) electrons. The molecule has 2 heterocycles. The van der Waals surface area contributed by atoms with E-state index in [2.05, 4.69) is 54.2 Å². The molecule has 1 saturated heterocycles. The van der Waals surface area contributed by atoms with Crippen LogP contribution in [0.4, 0.5) is 14.5 Å². The lowest BCUT2D eigenvalue weighted by atomic mass is 9.96. The van der Waals surface area contributed by atoms with Crippen molar-refractivity contribution in [3.8, 4) is 11.1 Å². The van der Waals surface area contributed by atoms with Crippen LogP contribution in [-0.2, 0) is 6.54 Å². The fraction of sp³-hybridized carbons (Fsp3) is 0.346. The van der Waals surface area contributed by atoms with E-state index < -0.39 is 11.6 Å². The van der Waals surface area contributed by atoms with Crippen molar-refractivity contribution in [3.05, 3.63) is 82.7 Å². The zero-order valence-corrected chi connectivity index (χ0v) is 20.8. The summed E-state index contributed by atoms with van der Waals surface area (Å²) in [6, 6.07) is 11.0. The zero-order valence-electron chi connectivity index (χ0n) is 19.2. The first-order chi connectivity index (χ1) is 14.9. The van der Waals surface area contributed by atoms with E-state index in [0.717, 1.165) is 42.6 Å². The Hall–Kier alpha value is -2.21. The largest absolute Gasteiger partial charge is 0.364 e. The fourth-order valence-corrected chi connectivity index (χ4v) is 4.34. The van der Waals surface area contributed by atoms with Gasteiger partial charge >= 0.3 is 0 Å². The smallest absolute Gasteiger partial charge is 0.160 e. The molecule has 1 aliphatic rings. The average Bonchev–Trinajstić information content (AvgIpc) is 2.78. The number of aromatic nitrogens is 1. The number of piperidine rings is 1. The minimum absolute atomic E-state index is 0. The van der Waals surface area contributed by atoms with Crippen LogP contribution in [0.5, 0.6) is 0 Å². The van der Waals surface area contributed by atoms with Gasteiger partial charge in [0.15, 0.2) is 11.6 Å². The summed E-state index contributed by atoms with van der Waals surface area (Å²) in [5, 5.41) is 3.38. The number of halogens is 4. The second kappa shape index (κ2) is 11.8. The molecule has 0 bridgehead atoms. The van der Waals surface area contributed by atoms with Gasteiger partial charge in [0.2, 0.25) is 0 Å². The average molecular weight is 494 g/mol. The number of nitrogens with zero attached hydrogens (tertiary/aromatic N) is 2. The third-order valence-corrected chi connectivity index (χ3v) is 6.39. The van der Waals surface area contributed by atoms with Gasteiger partial charge in [-0.15, -0.1) is 24.8 Å². The van der Waals surface area contributed by atoms with Crippen LogP contribution in [0.25, 0.3) is 11.1 Å². The molecule has 1 fully saturated rings. The van der Waals surface area contributed by atoms with Crippen molar-refractivity contribution in [1.82, 2.24) is 10.3 Å². The molecule has 0 amide bonds. The molecule has 178 valence electrons. The highest BCUT2D eigenvalue weighted by molar-refractivity contribution is 5.85. The standard InChI is InChI=1S/C26H29F2N3.2ClH/c1-17-10-21(11-18(2)19(17)3)22-12-20(14-30-15-22)16-31(23-6-8-29-9-7-23)24-4-5-25(27)26(28)13-24;;/h4-5,10-15,23,29H,6-9,16H2,1-3H3;2*1H. The zero-order chi connectivity index (χ0) is 22.0. The number of benzene rings is 2. The molecular formula is C26H31Cl2F2N3. The van der Waals surface area contributed by atoms with Crippen molar-refractivity contribution in [1.29, 1.82) is 0 Å². The molecular weight excluding hydrogens is 463 g/mol. The SMILES string of the molecule is Cc1cc(-c2cncc(CN(c3ccc(F)c(F)c3)C3CCNCC3)c2)cc(C)c1C.Cl.Cl.